The molecular weight excluding hydrogens is 148 g/mol. The minimum Gasteiger partial charge on any atom is -0.317 e. The fourth-order valence-corrected chi connectivity index (χ4v) is 1.08. The fraction of sp³-hybridized carbons (Fsp3) is 0.900. The molecule has 0 aliphatic rings. The Kier molecular flexibility index (Phi) is 9.97. The lowest BCUT2D eigenvalue weighted by atomic mass is 10.2. The molecule has 0 saturated carbocycles. The molecule has 0 aliphatic heterocycles. The van der Waals surface area contributed by atoms with Crippen molar-refractivity contribution in [2.45, 2.75) is 45.4 Å². The first kappa shape index (κ1) is 11.4. The largest absolute Gasteiger partial charge is 0.317 e. The van der Waals surface area contributed by atoms with Gasteiger partial charge < -0.3 is 5.32 Å². The van der Waals surface area contributed by atoms with E-state index < -0.39 is 0 Å². The van der Waals surface area contributed by atoms with Crippen LogP contribution in [0.5, 0.6) is 0 Å². The lowest BCUT2D eigenvalue weighted by Gasteiger charge is -2.01. The molecule has 0 saturated heterocycles. The van der Waals surface area contributed by atoms with Crippen molar-refractivity contribution in [3.63, 3.8) is 0 Å². The standard InChI is InChI=1S/C10H20N2/c1-2-3-6-9-12-10-7-4-5-8-11/h12H,2-7,9-10H2,1H3. The van der Waals surface area contributed by atoms with Gasteiger partial charge in [0.15, 0.2) is 0 Å². The lowest BCUT2D eigenvalue weighted by molar-refractivity contribution is 0.589. The van der Waals surface area contributed by atoms with Crippen molar-refractivity contribution in [2.24, 2.45) is 0 Å². The molecule has 0 bridgehead atoms. The van der Waals surface area contributed by atoms with Crippen LogP contribution in [0.1, 0.15) is 45.4 Å². The minimum absolute atomic E-state index is 0.705. The molecule has 2 heteroatoms. The van der Waals surface area contributed by atoms with Gasteiger partial charge >= 0.3 is 0 Å². The molecule has 0 atom stereocenters. The van der Waals surface area contributed by atoms with Gasteiger partial charge in [-0.3, -0.25) is 0 Å². The maximum absolute atomic E-state index is 8.27. The van der Waals surface area contributed by atoms with E-state index in [4.69, 9.17) is 5.26 Å². The molecule has 1 N–H and O–H groups in total. The van der Waals surface area contributed by atoms with E-state index in [2.05, 4.69) is 18.3 Å². The van der Waals surface area contributed by atoms with E-state index in [1.54, 1.807) is 0 Å². The van der Waals surface area contributed by atoms with Crippen LogP contribution < -0.4 is 5.32 Å². The van der Waals surface area contributed by atoms with Gasteiger partial charge in [-0.25, -0.2) is 0 Å². The first-order chi connectivity index (χ1) is 5.91. The summed E-state index contributed by atoms with van der Waals surface area (Å²) >= 11 is 0. The highest BCUT2D eigenvalue weighted by molar-refractivity contribution is 4.68. The number of nitrogens with zero attached hydrogens (tertiary/aromatic N) is 1. The Morgan fingerprint density at radius 3 is 2.33 bits per heavy atom. The average molecular weight is 168 g/mol. The van der Waals surface area contributed by atoms with Gasteiger partial charge in [-0.15, -0.1) is 0 Å². The zero-order chi connectivity index (χ0) is 9.07. The third-order valence-corrected chi connectivity index (χ3v) is 1.85. The highest BCUT2D eigenvalue weighted by Crippen LogP contribution is 1.93. The molecule has 0 radical (unpaired) electrons. The molecule has 0 aromatic heterocycles. The Bertz CT molecular complexity index is 115. The van der Waals surface area contributed by atoms with Crippen LogP contribution >= 0.6 is 0 Å². The normalized spacial score (nSPS) is 9.67. The monoisotopic (exact) mass is 168 g/mol. The molecule has 0 rings (SSSR count). The Balaban J connectivity index is 2.78. The summed E-state index contributed by atoms with van der Waals surface area (Å²) in [5.74, 6) is 0. The van der Waals surface area contributed by atoms with Crippen molar-refractivity contribution in [2.75, 3.05) is 13.1 Å². The molecule has 0 heterocycles. The van der Waals surface area contributed by atoms with Crippen LogP contribution in [-0.4, -0.2) is 13.1 Å². The van der Waals surface area contributed by atoms with Crippen LogP contribution in [0.4, 0.5) is 0 Å². The van der Waals surface area contributed by atoms with E-state index in [-0.39, 0.29) is 0 Å². The van der Waals surface area contributed by atoms with Crippen LogP contribution in [0.2, 0.25) is 0 Å². The predicted molar refractivity (Wildman–Crippen MR) is 51.9 cm³/mol. The second-order valence-electron chi connectivity index (χ2n) is 3.07. The number of rotatable bonds is 8. The van der Waals surface area contributed by atoms with E-state index in [1.165, 1.54) is 19.3 Å². The lowest BCUT2D eigenvalue weighted by Crippen LogP contribution is -2.16. The topological polar surface area (TPSA) is 35.8 Å². The maximum atomic E-state index is 8.27. The summed E-state index contributed by atoms with van der Waals surface area (Å²) in [5, 5.41) is 11.6. The Hall–Kier alpha value is -0.550. The van der Waals surface area contributed by atoms with Crippen molar-refractivity contribution < 1.29 is 0 Å². The van der Waals surface area contributed by atoms with E-state index in [9.17, 15) is 0 Å². The molecule has 0 fully saturated rings. The van der Waals surface area contributed by atoms with Crippen LogP contribution in [0.15, 0.2) is 0 Å². The van der Waals surface area contributed by atoms with E-state index >= 15 is 0 Å². The number of nitriles is 1. The summed E-state index contributed by atoms with van der Waals surface area (Å²) in [6.45, 7) is 4.43. The summed E-state index contributed by atoms with van der Waals surface area (Å²) in [6.07, 6.45) is 6.78. The Morgan fingerprint density at radius 2 is 1.75 bits per heavy atom. The van der Waals surface area contributed by atoms with Crippen LogP contribution in [-0.2, 0) is 0 Å². The zero-order valence-corrected chi connectivity index (χ0v) is 8.10. The van der Waals surface area contributed by atoms with E-state index in [0.717, 1.165) is 25.9 Å². The van der Waals surface area contributed by atoms with Gasteiger partial charge in [0.25, 0.3) is 0 Å². The highest BCUT2D eigenvalue weighted by atomic mass is 14.8. The van der Waals surface area contributed by atoms with Gasteiger partial charge in [0.05, 0.1) is 6.07 Å². The number of nitrogens with one attached hydrogen (secondary N) is 1. The SMILES string of the molecule is CCCCCNCCCCC#N. The predicted octanol–water partition coefficient (Wildman–Crippen LogP) is 2.46. The molecule has 0 amide bonds. The molecule has 0 aromatic carbocycles. The summed E-state index contributed by atoms with van der Waals surface area (Å²) in [6, 6.07) is 2.15. The van der Waals surface area contributed by atoms with E-state index in [1.807, 2.05) is 0 Å². The first-order valence-corrected chi connectivity index (χ1v) is 4.99. The number of unbranched alkanes of at least 4 members (excludes halogenated alkanes) is 4. The van der Waals surface area contributed by atoms with Crippen molar-refractivity contribution in [1.82, 2.24) is 5.32 Å². The van der Waals surface area contributed by atoms with Crippen LogP contribution in [0.3, 0.4) is 0 Å². The van der Waals surface area contributed by atoms with Gasteiger partial charge in [-0.05, 0) is 32.4 Å². The molecule has 0 spiro atoms. The summed E-state index contributed by atoms with van der Waals surface area (Å²) in [5.41, 5.74) is 0. The third-order valence-electron chi connectivity index (χ3n) is 1.85. The van der Waals surface area contributed by atoms with Crippen LogP contribution in [0.25, 0.3) is 0 Å². The second kappa shape index (κ2) is 10.4. The highest BCUT2D eigenvalue weighted by Gasteiger charge is 1.88. The fourth-order valence-electron chi connectivity index (χ4n) is 1.08. The molecular formula is C10H20N2. The average Bonchev–Trinajstić information content (AvgIpc) is 2.10. The smallest absolute Gasteiger partial charge is 0.0621 e. The van der Waals surface area contributed by atoms with Crippen molar-refractivity contribution >= 4 is 0 Å². The third kappa shape index (κ3) is 9.45. The van der Waals surface area contributed by atoms with Gasteiger partial charge in [0.1, 0.15) is 0 Å². The molecule has 70 valence electrons. The van der Waals surface area contributed by atoms with E-state index in [0.29, 0.717) is 6.42 Å². The Morgan fingerprint density at radius 1 is 1.08 bits per heavy atom. The quantitative estimate of drug-likeness (QED) is 0.565. The summed E-state index contributed by atoms with van der Waals surface area (Å²) in [4.78, 5) is 0. The number of hydrogen-bond donors (Lipinski definition) is 1. The summed E-state index contributed by atoms with van der Waals surface area (Å²) < 4.78 is 0. The molecule has 0 aliphatic carbocycles. The zero-order valence-electron chi connectivity index (χ0n) is 8.10. The second-order valence-corrected chi connectivity index (χ2v) is 3.07. The van der Waals surface area contributed by atoms with Crippen molar-refractivity contribution in [3.05, 3.63) is 0 Å². The Labute approximate surface area is 76.0 Å². The van der Waals surface area contributed by atoms with Crippen LogP contribution in [0, 0.1) is 11.3 Å². The van der Waals surface area contributed by atoms with Gasteiger partial charge in [0, 0.05) is 6.42 Å². The van der Waals surface area contributed by atoms with Gasteiger partial charge in [-0.1, -0.05) is 19.8 Å². The molecule has 0 aromatic rings. The number of hydrogen-bond acceptors (Lipinski definition) is 2. The molecule has 2 nitrogen and oxygen atoms in total. The minimum atomic E-state index is 0.705. The first-order valence-electron chi connectivity index (χ1n) is 4.99. The van der Waals surface area contributed by atoms with Gasteiger partial charge in [0.2, 0.25) is 0 Å². The summed E-state index contributed by atoms with van der Waals surface area (Å²) in [7, 11) is 0. The van der Waals surface area contributed by atoms with Crippen molar-refractivity contribution in [1.29, 1.82) is 5.26 Å². The maximum Gasteiger partial charge on any atom is 0.0621 e. The molecule has 0 unspecified atom stereocenters. The van der Waals surface area contributed by atoms with Crippen molar-refractivity contribution in [3.8, 4) is 6.07 Å². The van der Waals surface area contributed by atoms with Gasteiger partial charge in [-0.2, -0.15) is 5.26 Å². The molecule has 12 heavy (non-hydrogen) atoms.